The van der Waals surface area contributed by atoms with Crippen LogP contribution in [0, 0.1) is 0 Å². The van der Waals surface area contributed by atoms with Crippen LogP contribution in [0.1, 0.15) is 6.42 Å². The van der Waals surface area contributed by atoms with Crippen molar-refractivity contribution >= 4 is 54.0 Å². The van der Waals surface area contributed by atoms with Crippen molar-refractivity contribution in [2.24, 2.45) is 0 Å². The number of rotatable bonds is 5. The lowest BCUT2D eigenvalue weighted by Crippen LogP contribution is -2.16. The molecule has 102 valence electrons. The number of fused-ring (bicyclic) bond motifs is 1. The number of nitrogens with one attached hydrogen (secondary N) is 1. The third-order valence-corrected chi connectivity index (χ3v) is 4.76. The predicted molar refractivity (Wildman–Crippen MR) is 84.4 cm³/mol. The summed E-state index contributed by atoms with van der Waals surface area (Å²) in [5, 5.41) is 2.04. The average Bonchev–Trinajstić information content (AvgIpc) is 2.36. The molecule has 2 rings (SSSR count). The third-order valence-electron chi connectivity index (χ3n) is 2.62. The molecule has 0 heterocycles. The third kappa shape index (κ3) is 4.09. The molecule has 19 heavy (non-hydrogen) atoms. The number of alkyl halides is 1. The molecule has 0 saturated heterocycles. The Labute approximate surface area is 126 Å². The maximum Gasteiger partial charge on any atom is 0.232 e. The quantitative estimate of drug-likeness (QED) is 0.818. The second-order valence-electron chi connectivity index (χ2n) is 4.17. The van der Waals surface area contributed by atoms with Gasteiger partial charge in [-0.05, 0) is 41.5 Å². The monoisotopic (exact) mass is 361 g/mol. The topological polar surface area (TPSA) is 46.2 Å². The normalized spacial score (nSPS) is 11.7. The van der Waals surface area contributed by atoms with Gasteiger partial charge in [-0.1, -0.05) is 28.1 Å². The Bertz CT molecular complexity index is 688. The van der Waals surface area contributed by atoms with Crippen molar-refractivity contribution in [2.75, 3.05) is 16.4 Å². The minimum Gasteiger partial charge on any atom is -0.284 e. The van der Waals surface area contributed by atoms with Gasteiger partial charge >= 0.3 is 0 Å². The van der Waals surface area contributed by atoms with Gasteiger partial charge in [0.1, 0.15) is 0 Å². The number of hydrogen-bond acceptors (Lipinski definition) is 2. The Morgan fingerprint density at radius 3 is 2.53 bits per heavy atom. The van der Waals surface area contributed by atoms with E-state index in [1.165, 1.54) is 0 Å². The lowest BCUT2D eigenvalue weighted by Gasteiger charge is -2.08. The molecule has 0 atom stereocenters. The van der Waals surface area contributed by atoms with Crippen LogP contribution in [0.25, 0.3) is 10.8 Å². The molecular weight excluding hydrogens is 350 g/mol. The fourth-order valence-electron chi connectivity index (χ4n) is 1.76. The smallest absolute Gasteiger partial charge is 0.232 e. The predicted octanol–water partition coefficient (Wildman–Crippen LogP) is 3.97. The van der Waals surface area contributed by atoms with Crippen molar-refractivity contribution in [1.82, 2.24) is 0 Å². The summed E-state index contributed by atoms with van der Waals surface area (Å²) < 4.78 is 27.1. The van der Waals surface area contributed by atoms with Crippen molar-refractivity contribution in [2.45, 2.75) is 6.42 Å². The molecule has 2 aromatic rings. The standard InChI is InChI=1S/C13H13BrClNO2S/c14-12-4-2-11-9-13(5-3-10(11)8-12)16-19(17,18)7-1-6-15/h2-5,8-9,16H,1,6-7H2. The molecule has 0 aromatic heterocycles. The van der Waals surface area contributed by atoms with Crippen LogP contribution in [-0.2, 0) is 10.0 Å². The summed E-state index contributed by atoms with van der Waals surface area (Å²) in [5.74, 6) is 0.377. The van der Waals surface area contributed by atoms with Gasteiger partial charge in [-0.25, -0.2) is 8.42 Å². The molecule has 0 fully saturated rings. The van der Waals surface area contributed by atoms with Crippen molar-refractivity contribution < 1.29 is 8.42 Å². The first kappa shape index (κ1) is 14.6. The lowest BCUT2D eigenvalue weighted by molar-refractivity contribution is 0.600. The minimum absolute atomic E-state index is 0.0366. The van der Waals surface area contributed by atoms with Crippen LogP contribution < -0.4 is 4.72 Å². The van der Waals surface area contributed by atoms with Crippen molar-refractivity contribution in [1.29, 1.82) is 0 Å². The first-order valence-electron chi connectivity index (χ1n) is 5.76. The van der Waals surface area contributed by atoms with Gasteiger partial charge in [-0.3, -0.25) is 4.72 Å². The molecule has 0 aliphatic heterocycles. The molecule has 1 N–H and O–H groups in total. The number of halogens is 2. The first-order valence-corrected chi connectivity index (χ1v) is 8.74. The first-order chi connectivity index (χ1) is 9.00. The van der Waals surface area contributed by atoms with Crippen LogP contribution in [-0.4, -0.2) is 20.1 Å². The highest BCUT2D eigenvalue weighted by Crippen LogP contribution is 2.23. The van der Waals surface area contributed by atoms with Crippen molar-refractivity contribution in [3.8, 4) is 0 Å². The summed E-state index contributed by atoms with van der Waals surface area (Å²) in [4.78, 5) is 0. The average molecular weight is 363 g/mol. The Morgan fingerprint density at radius 2 is 1.79 bits per heavy atom. The van der Waals surface area contributed by atoms with Gasteiger partial charge in [0.05, 0.1) is 5.75 Å². The van der Waals surface area contributed by atoms with Crippen LogP contribution in [0.2, 0.25) is 0 Å². The van der Waals surface area contributed by atoms with E-state index in [4.69, 9.17) is 11.6 Å². The van der Waals surface area contributed by atoms with E-state index in [-0.39, 0.29) is 5.75 Å². The van der Waals surface area contributed by atoms with Crippen LogP contribution in [0.5, 0.6) is 0 Å². The van der Waals surface area contributed by atoms with E-state index in [9.17, 15) is 8.42 Å². The van der Waals surface area contributed by atoms with E-state index >= 15 is 0 Å². The zero-order valence-corrected chi connectivity index (χ0v) is 13.2. The number of benzene rings is 2. The van der Waals surface area contributed by atoms with Gasteiger partial charge in [0.2, 0.25) is 10.0 Å². The molecule has 6 heteroatoms. The van der Waals surface area contributed by atoms with Gasteiger partial charge < -0.3 is 0 Å². The molecule has 0 aliphatic rings. The molecule has 0 saturated carbocycles. The van der Waals surface area contributed by atoms with Gasteiger partial charge in [-0.15, -0.1) is 11.6 Å². The van der Waals surface area contributed by atoms with Gasteiger partial charge in [0.25, 0.3) is 0 Å². The van der Waals surface area contributed by atoms with Crippen LogP contribution >= 0.6 is 27.5 Å². The summed E-state index contributed by atoms with van der Waals surface area (Å²) in [6, 6.07) is 11.3. The van der Waals surface area contributed by atoms with E-state index in [0.717, 1.165) is 15.2 Å². The highest BCUT2D eigenvalue weighted by atomic mass is 79.9. The minimum atomic E-state index is -3.32. The summed E-state index contributed by atoms with van der Waals surface area (Å²) in [6.45, 7) is 0. The highest BCUT2D eigenvalue weighted by molar-refractivity contribution is 9.10. The van der Waals surface area contributed by atoms with Gasteiger partial charge in [0.15, 0.2) is 0 Å². The molecular formula is C13H13BrClNO2S. The van der Waals surface area contributed by atoms with Crippen molar-refractivity contribution in [3.63, 3.8) is 0 Å². The lowest BCUT2D eigenvalue weighted by atomic mass is 10.1. The zero-order valence-electron chi connectivity index (χ0n) is 10.1. The Morgan fingerprint density at radius 1 is 1.11 bits per heavy atom. The molecule has 0 bridgehead atoms. The molecule has 0 unspecified atom stereocenters. The number of hydrogen-bond donors (Lipinski definition) is 1. The van der Waals surface area contributed by atoms with E-state index < -0.39 is 10.0 Å². The van der Waals surface area contributed by atoms with Crippen LogP contribution in [0.4, 0.5) is 5.69 Å². The Kier molecular flexibility index (Phi) is 4.71. The van der Waals surface area contributed by atoms with E-state index in [1.54, 1.807) is 6.07 Å². The van der Waals surface area contributed by atoms with Gasteiger partial charge in [-0.2, -0.15) is 0 Å². The Hall–Kier alpha value is -0.780. The molecule has 2 aromatic carbocycles. The van der Waals surface area contributed by atoms with E-state index in [0.29, 0.717) is 18.0 Å². The summed E-state index contributed by atoms with van der Waals surface area (Å²) in [6.07, 6.45) is 0.442. The summed E-state index contributed by atoms with van der Waals surface area (Å²) in [7, 11) is -3.32. The Balaban J connectivity index is 2.24. The molecule has 0 radical (unpaired) electrons. The maximum atomic E-state index is 11.8. The van der Waals surface area contributed by atoms with Gasteiger partial charge in [0, 0.05) is 16.0 Å². The second kappa shape index (κ2) is 6.11. The summed E-state index contributed by atoms with van der Waals surface area (Å²) >= 11 is 8.91. The molecule has 0 amide bonds. The largest absolute Gasteiger partial charge is 0.284 e. The highest BCUT2D eigenvalue weighted by Gasteiger charge is 2.09. The zero-order chi connectivity index (χ0) is 13.9. The second-order valence-corrected chi connectivity index (χ2v) is 7.31. The fourth-order valence-corrected chi connectivity index (χ4v) is 3.54. The maximum absolute atomic E-state index is 11.8. The van der Waals surface area contributed by atoms with E-state index in [1.807, 2.05) is 30.3 Å². The van der Waals surface area contributed by atoms with Crippen LogP contribution in [0.15, 0.2) is 40.9 Å². The van der Waals surface area contributed by atoms with Crippen LogP contribution in [0.3, 0.4) is 0 Å². The molecule has 0 spiro atoms. The number of sulfonamides is 1. The fraction of sp³-hybridized carbons (Fsp3) is 0.231. The van der Waals surface area contributed by atoms with E-state index in [2.05, 4.69) is 20.7 Å². The summed E-state index contributed by atoms with van der Waals surface area (Å²) in [5.41, 5.74) is 0.574. The molecule has 0 aliphatic carbocycles. The SMILES string of the molecule is O=S(=O)(CCCCl)Nc1ccc2cc(Br)ccc2c1. The van der Waals surface area contributed by atoms with Crippen molar-refractivity contribution in [3.05, 3.63) is 40.9 Å². The number of anilines is 1. The molecule has 3 nitrogen and oxygen atoms in total.